The first-order chi connectivity index (χ1) is 13.1. The van der Waals surface area contributed by atoms with Crippen molar-refractivity contribution in [1.82, 2.24) is 5.32 Å². The minimum Gasteiger partial charge on any atom is -0.489 e. The lowest BCUT2D eigenvalue weighted by molar-refractivity contribution is 0.306. The molecule has 0 radical (unpaired) electrons. The second-order valence-electron chi connectivity index (χ2n) is 6.59. The second kappa shape index (κ2) is 9.80. The van der Waals surface area contributed by atoms with Gasteiger partial charge in [0.15, 0.2) is 0 Å². The van der Waals surface area contributed by atoms with E-state index in [1.807, 2.05) is 24.3 Å². The molecule has 0 bridgehead atoms. The summed E-state index contributed by atoms with van der Waals surface area (Å²) in [5, 5.41) is 4.84. The van der Waals surface area contributed by atoms with Crippen LogP contribution in [-0.4, -0.2) is 6.54 Å². The van der Waals surface area contributed by atoms with Gasteiger partial charge < -0.3 is 10.1 Å². The van der Waals surface area contributed by atoms with Gasteiger partial charge in [0.25, 0.3) is 0 Å². The fraction of sp³-hybridized carbons (Fsp3) is 0.217. The van der Waals surface area contributed by atoms with Gasteiger partial charge in [-0.3, -0.25) is 0 Å². The Morgan fingerprint density at radius 1 is 0.889 bits per heavy atom. The molecule has 27 heavy (non-hydrogen) atoms. The third-order valence-corrected chi connectivity index (χ3v) is 4.89. The molecule has 0 fully saturated rings. The molecule has 3 aromatic carbocycles. The van der Waals surface area contributed by atoms with Gasteiger partial charge in [-0.15, -0.1) is 0 Å². The molecule has 4 heteroatoms. The van der Waals surface area contributed by atoms with Crippen molar-refractivity contribution in [3.05, 3.63) is 99.0 Å². The summed E-state index contributed by atoms with van der Waals surface area (Å²) in [6.45, 7) is 4.29. The van der Waals surface area contributed by atoms with Gasteiger partial charge in [-0.05, 0) is 60.8 Å². The van der Waals surface area contributed by atoms with Crippen LogP contribution in [0.2, 0.25) is 10.0 Å². The molecular weight excluding hydrogens is 377 g/mol. The normalized spacial score (nSPS) is 10.8. The van der Waals surface area contributed by atoms with E-state index in [0.29, 0.717) is 11.6 Å². The molecule has 0 saturated heterocycles. The zero-order valence-corrected chi connectivity index (χ0v) is 16.9. The Balaban J connectivity index is 1.47. The van der Waals surface area contributed by atoms with E-state index >= 15 is 0 Å². The van der Waals surface area contributed by atoms with Gasteiger partial charge in [0, 0.05) is 16.6 Å². The average molecular weight is 400 g/mol. The molecule has 0 unspecified atom stereocenters. The maximum atomic E-state index is 6.21. The number of rotatable bonds is 8. The number of ether oxygens (including phenoxy) is 1. The van der Waals surface area contributed by atoms with E-state index in [4.69, 9.17) is 27.9 Å². The quantitative estimate of drug-likeness (QED) is 0.454. The highest BCUT2D eigenvalue weighted by Gasteiger charge is 2.02. The van der Waals surface area contributed by atoms with Crippen molar-refractivity contribution in [2.24, 2.45) is 0 Å². The van der Waals surface area contributed by atoms with Crippen molar-refractivity contribution in [2.75, 3.05) is 6.54 Å². The lowest BCUT2D eigenvalue weighted by atomic mass is 10.1. The Labute approximate surface area is 171 Å². The number of hydrogen-bond donors (Lipinski definition) is 1. The number of nitrogens with one attached hydrogen (secondary N) is 1. The van der Waals surface area contributed by atoms with Gasteiger partial charge in [-0.25, -0.2) is 0 Å². The molecule has 0 heterocycles. The molecule has 1 N–H and O–H groups in total. The Bertz CT molecular complexity index is 895. The first-order valence-corrected chi connectivity index (χ1v) is 9.78. The zero-order valence-electron chi connectivity index (χ0n) is 15.3. The summed E-state index contributed by atoms with van der Waals surface area (Å²) >= 11 is 12.1. The van der Waals surface area contributed by atoms with E-state index in [1.165, 1.54) is 16.7 Å². The fourth-order valence-corrected chi connectivity index (χ4v) is 3.40. The number of aryl methyl sites for hydroxylation is 1. The van der Waals surface area contributed by atoms with Crippen molar-refractivity contribution >= 4 is 23.2 Å². The van der Waals surface area contributed by atoms with Crippen LogP contribution in [0.5, 0.6) is 5.75 Å². The summed E-state index contributed by atoms with van der Waals surface area (Å²) < 4.78 is 5.93. The van der Waals surface area contributed by atoms with Crippen LogP contribution < -0.4 is 10.1 Å². The van der Waals surface area contributed by atoms with Gasteiger partial charge in [-0.1, -0.05) is 71.2 Å². The van der Waals surface area contributed by atoms with Crippen LogP contribution in [0, 0.1) is 6.92 Å². The number of benzene rings is 3. The molecule has 0 aliphatic rings. The number of halogens is 2. The summed E-state index contributed by atoms with van der Waals surface area (Å²) in [5.41, 5.74) is 4.72. The smallest absolute Gasteiger partial charge is 0.120 e. The van der Waals surface area contributed by atoms with Crippen molar-refractivity contribution < 1.29 is 4.74 Å². The topological polar surface area (TPSA) is 21.3 Å². The maximum Gasteiger partial charge on any atom is 0.120 e. The Morgan fingerprint density at radius 2 is 1.70 bits per heavy atom. The highest BCUT2D eigenvalue weighted by atomic mass is 35.5. The van der Waals surface area contributed by atoms with Crippen LogP contribution in [0.3, 0.4) is 0 Å². The van der Waals surface area contributed by atoms with Crippen molar-refractivity contribution in [2.45, 2.75) is 26.5 Å². The van der Waals surface area contributed by atoms with Gasteiger partial charge in [0.1, 0.15) is 12.4 Å². The lowest BCUT2D eigenvalue weighted by Crippen LogP contribution is -2.16. The molecule has 0 aliphatic heterocycles. The van der Waals surface area contributed by atoms with Crippen molar-refractivity contribution in [3.8, 4) is 5.75 Å². The van der Waals surface area contributed by atoms with E-state index < -0.39 is 0 Å². The monoisotopic (exact) mass is 399 g/mol. The van der Waals surface area contributed by atoms with Crippen LogP contribution in [0.15, 0.2) is 66.7 Å². The van der Waals surface area contributed by atoms with Gasteiger partial charge in [-0.2, -0.15) is 0 Å². The van der Waals surface area contributed by atoms with Crippen molar-refractivity contribution in [1.29, 1.82) is 0 Å². The summed E-state index contributed by atoms with van der Waals surface area (Å²) in [7, 11) is 0. The van der Waals surface area contributed by atoms with Gasteiger partial charge in [0.2, 0.25) is 0 Å². The first-order valence-electron chi connectivity index (χ1n) is 9.02. The molecule has 2 nitrogen and oxygen atoms in total. The average Bonchev–Trinajstić information content (AvgIpc) is 2.65. The minimum atomic E-state index is 0.577. The van der Waals surface area contributed by atoms with Crippen LogP contribution >= 0.6 is 23.2 Å². The summed E-state index contributed by atoms with van der Waals surface area (Å²) in [6, 6.07) is 22.2. The van der Waals surface area contributed by atoms with Gasteiger partial charge in [0.05, 0.1) is 0 Å². The predicted octanol–water partition coefficient (Wildman–Crippen LogP) is 6.21. The fourth-order valence-electron chi connectivity index (χ4n) is 2.89. The third-order valence-electron chi connectivity index (χ3n) is 4.30. The standard InChI is InChI=1S/C23H23Cl2NO/c1-17-4-2-6-19(12-17)16-27-22-7-3-5-18(13-22)15-26-11-10-20-8-9-21(24)14-23(20)25/h2-9,12-14,26H,10-11,15-16H2,1H3. The molecule has 0 spiro atoms. The largest absolute Gasteiger partial charge is 0.489 e. The van der Waals surface area contributed by atoms with E-state index in [-0.39, 0.29) is 0 Å². The van der Waals surface area contributed by atoms with E-state index in [9.17, 15) is 0 Å². The van der Waals surface area contributed by atoms with Crippen molar-refractivity contribution in [3.63, 3.8) is 0 Å². The van der Waals surface area contributed by atoms with Crippen LogP contribution in [0.25, 0.3) is 0 Å². The van der Waals surface area contributed by atoms with Crippen LogP contribution in [0.4, 0.5) is 0 Å². The molecule has 3 rings (SSSR count). The van der Waals surface area contributed by atoms with E-state index in [2.05, 4.69) is 48.6 Å². The zero-order chi connectivity index (χ0) is 19.1. The first kappa shape index (κ1) is 19.8. The maximum absolute atomic E-state index is 6.21. The number of hydrogen-bond acceptors (Lipinski definition) is 2. The Morgan fingerprint density at radius 3 is 2.52 bits per heavy atom. The highest BCUT2D eigenvalue weighted by molar-refractivity contribution is 6.35. The van der Waals surface area contributed by atoms with Gasteiger partial charge >= 0.3 is 0 Å². The molecule has 0 aliphatic carbocycles. The molecular formula is C23H23Cl2NO. The Kier molecular flexibility index (Phi) is 7.17. The molecule has 140 valence electrons. The molecule has 0 atom stereocenters. The predicted molar refractivity (Wildman–Crippen MR) is 114 cm³/mol. The summed E-state index contributed by atoms with van der Waals surface area (Å²) in [6.07, 6.45) is 0.861. The molecule has 0 amide bonds. The van der Waals surface area contributed by atoms with E-state index in [1.54, 1.807) is 6.07 Å². The Hall–Kier alpha value is -2.00. The molecule has 0 saturated carbocycles. The summed E-state index contributed by atoms with van der Waals surface area (Å²) in [5.74, 6) is 0.886. The molecule has 0 aromatic heterocycles. The minimum absolute atomic E-state index is 0.577. The lowest BCUT2D eigenvalue weighted by Gasteiger charge is -2.10. The summed E-state index contributed by atoms with van der Waals surface area (Å²) in [4.78, 5) is 0. The van der Waals surface area contributed by atoms with Crippen LogP contribution in [-0.2, 0) is 19.6 Å². The SMILES string of the molecule is Cc1cccc(COc2cccc(CNCCc3ccc(Cl)cc3Cl)c2)c1. The third kappa shape index (κ3) is 6.28. The molecule has 3 aromatic rings. The van der Waals surface area contributed by atoms with Crippen LogP contribution in [0.1, 0.15) is 22.3 Å². The van der Waals surface area contributed by atoms with E-state index in [0.717, 1.165) is 35.8 Å². The second-order valence-corrected chi connectivity index (χ2v) is 7.43. The highest BCUT2D eigenvalue weighted by Crippen LogP contribution is 2.21.